The van der Waals surface area contributed by atoms with Gasteiger partial charge < -0.3 is 30.5 Å². The summed E-state index contributed by atoms with van der Waals surface area (Å²) in [4.78, 5) is 28.9. The molecule has 8 heteroatoms. The number of carbonyl (C=O) groups excluding carboxylic acids is 2. The van der Waals surface area contributed by atoms with Crippen molar-refractivity contribution >= 4 is 12.0 Å². The largest absolute Gasteiger partial charge is 0.444 e. The topological polar surface area (TPSA) is 111 Å². The molecule has 0 heterocycles. The highest BCUT2D eigenvalue weighted by Gasteiger charge is 2.35. The summed E-state index contributed by atoms with van der Waals surface area (Å²) in [5, 5.41) is 28.4. The average molecular weight is 602 g/mol. The van der Waals surface area contributed by atoms with E-state index in [-0.39, 0.29) is 12.3 Å². The fraction of sp³-hybridized carbons (Fsp3) is 0.444. The summed E-state index contributed by atoms with van der Waals surface area (Å²) in [6.45, 7) is 6.17. The molecule has 0 fully saturated rings. The van der Waals surface area contributed by atoms with Crippen LogP contribution in [0.5, 0.6) is 0 Å². The number of amides is 2. The molecule has 0 aliphatic heterocycles. The molecule has 5 atom stereocenters. The Morgan fingerprint density at radius 3 is 2.18 bits per heavy atom. The van der Waals surface area contributed by atoms with Gasteiger partial charge in [-0.1, -0.05) is 78.9 Å². The summed E-state index contributed by atoms with van der Waals surface area (Å²) in [6.07, 6.45) is -1.08. The molecule has 0 unspecified atom stereocenters. The van der Waals surface area contributed by atoms with Crippen LogP contribution in [-0.2, 0) is 35.3 Å². The van der Waals surface area contributed by atoms with E-state index in [2.05, 4.69) is 27.7 Å². The number of benzene rings is 3. The molecule has 3 aromatic carbocycles. The highest BCUT2D eigenvalue weighted by molar-refractivity contribution is 5.80. The Morgan fingerprint density at radius 2 is 1.52 bits per heavy atom. The van der Waals surface area contributed by atoms with Crippen LogP contribution >= 0.6 is 0 Å². The molecule has 3 aromatic rings. The van der Waals surface area contributed by atoms with E-state index in [1.54, 1.807) is 20.8 Å². The standard InChI is InChI=1S/C36H47N3O5/c1-36(2,3)44-35(43)37-30(20-24-11-7-6-8-12-24)31(40)22-28(19-25-15-17-26(18-16-25)23-39(4)5)34(42)38-33-29-14-10-9-13-27(29)21-32(33)41/h6-18,28,30-33,40-41H,19-23H2,1-5H3,(H,37,43)(H,38,42)/t28-,30-,31-,32+,33-/m0/s1. The smallest absolute Gasteiger partial charge is 0.407 e. The van der Waals surface area contributed by atoms with E-state index in [1.807, 2.05) is 80.8 Å². The van der Waals surface area contributed by atoms with Gasteiger partial charge in [0.1, 0.15) is 5.60 Å². The number of aliphatic hydroxyl groups is 2. The maximum Gasteiger partial charge on any atom is 0.407 e. The van der Waals surface area contributed by atoms with Crippen LogP contribution in [0.2, 0.25) is 0 Å². The minimum atomic E-state index is -1.05. The highest BCUT2D eigenvalue weighted by atomic mass is 16.6. The van der Waals surface area contributed by atoms with Crippen LogP contribution in [0.3, 0.4) is 0 Å². The molecule has 0 bridgehead atoms. The summed E-state index contributed by atoms with van der Waals surface area (Å²) in [6, 6.07) is 24.3. The van der Waals surface area contributed by atoms with Crippen molar-refractivity contribution in [2.24, 2.45) is 5.92 Å². The van der Waals surface area contributed by atoms with Gasteiger partial charge in [0.25, 0.3) is 0 Å². The number of nitrogens with one attached hydrogen (secondary N) is 2. The molecule has 0 saturated heterocycles. The van der Waals surface area contributed by atoms with Crippen molar-refractivity contribution in [3.05, 3.63) is 107 Å². The van der Waals surface area contributed by atoms with Crippen LogP contribution in [0.15, 0.2) is 78.9 Å². The molecule has 0 saturated carbocycles. The minimum Gasteiger partial charge on any atom is -0.444 e. The molecule has 2 amide bonds. The molecule has 236 valence electrons. The normalized spacial score (nSPS) is 18.3. The lowest BCUT2D eigenvalue weighted by Gasteiger charge is -2.30. The average Bonchev–Trinajstić information content (AvgIpc) is 3.27. The fourth-order valence-corrected chi connectivity index (χ4v) is 5.80. The van der Waals surface area contributed by atoms with E-state index < -0.39 is 41.9 Å². The third-order valence-corrected chi connectivity index (χ3v) is 7.87. The lowest BCUT2D eigenvalue weighted by Crippen LogP contribution is -2.48. The molecule has 0 aromatic heterocycles. The van der Waals surface area contributed by atoms with Crippen molar-refractivity contribution in [2.75, 3.05) is 14.1 Å². The van der Waals surface area contributed by atoms with Crippen LogP contribution in [0, 0.1) is 5.92 Å². The maximum atomic E-state index is 13.9. The zero-order valence-electron chi connectivity index (χ0n) is 26.5. The predicted octanol–water partition coefficient (Wildman–Crippen LogP) is 4.57. The van der Waals surface area contributed by atoms with Crippen LogP contribution in [0.4, 0.5) is 4.79 Å². The SMILES string of the molecule is CN(C)Cc1ccc(C[C@@H](C[C@H](O)[C@H](Cc2ccccc2)NC(=O)OC(C)(C)C)C(=O)N[C@H]2c3ccccc3C[C@H]2O)cc1. The summed E-state index contributed by atoms with van der Waals surface area (Å²) in [7, 11) is 4.03. The first-order valence-corrected chi connectivity index (χ1v) is 15.4. The van der Waals surface area contributed by atoms with Gasteiger partial charge in [-0.05, 0) is 81.9 Å². The quantitative estimate of drug-likeness (QED) is 0.242. The Morgan fingerprint density at radius 1 is 0.909 bits per heavy atom. The minimum absolute atomic E-state index is 0.100. The second-order valence-corrected chi connectivity index (χ2v) is 13.2. The lowest BCUT2D eigenvalue weighted by atomic mass is 9.88. The number of hydrogen-bond donors (Lipinski definition) is 4. The van der Waals surface area contributed by atoms with Gasteiger partial charge >= 0.3 is 6.09 Å². The third-order valence-electron chi connectivity index (χ3n) is 7.87. The van der Waals surface area contributed by atoms with Gasteiger partial charge in [-0.3, -0.25) is 4.79 Å². The van der Waals surface area contributed by atoms with Crippen molar-refractivity contribution in [1.82, 2.24) is 15.5 Å². The molecule has 44 heavy (non-hydrogen) atoms. The Labute approximate surface area is 261 Å². The van der Waals surface area contributed by atoms with Crippen molar-refractivity contribution < 1.29 is 24.5 Å². The Bertz CT molecular complexity index is 1370. The van der Waals surface area contributed by atoms with Crippen LogP contribution in [-0.4, -0.2) is 65.1 Å². The zero-order chi connectivity index (χ0) is 31.9. The molecule has 1 aliphatic carbocycles. The molecular formula is C36H47N3O5. The Kier molecular flexibility index (Phi) is 11.2. The molecule has 0 radical (unpaired) electrons. The summed E-state index contributed by atoms with van der Waals surface area (Å²) >= 11 is 0. The van der Waals surface area contributed by atoms with Crippen LogP contribution < -0.4 is 10.6 Å². The van der Waals surface area contributed by atoms with Crippen molar-refractivity contribution in [2.45, 2.75) is 82.9 Å². The molecular weight excluding hydrogens is 554 g/mol. The summed E-state index contributed by atoms with van der Waals surface area (Å²) < 4.78 is 5.50. The third kappa shape index (κ3) is 9.64. The summed E-state index contributed by atoms with van der Waals surface area (Å²) in [5.41, 5.74) is 4.29. The monoisotopic (exact) mass is 601 g/mol. The molecule has 4 rings (SSSR count). The molecule has 4 N–H and O–H groups in total. The van der Waals surface area contributed by atoms with Crippen LogP contribution in [0.25, 0.3) is 0 Å². The number of ether oxygens (including phenoxy) is 1. The number of fused-ring (bicyclic) bond motifs is 1. The van der Waals surface area contributed by atoms with E-state index in [4.69, 9.17) is 4.74 Å². The summed E-state index contributed by atoms with van der Waals surface area (Å²) in [5.74, 6) is -0.874. The number of nitrogens with zero attached hydrogens (tertiary/aromatic N) is 1. The van der Waals surface area contributed by atoms with E-state index in [0.29, 0.717) is 19.3 Å². The van der Waals surface area contributed by atoms with Gasteiger partial charge in [0.2, 0.25) is 5.91 Å². The second-order valence-electron chi connectivity index (χ2n) is 13.2. The fourth-order valence-electron chi connectivity index (χ4n) is 5.80. The van der Waals surface area contributed by atoms with Gasteiger partial charge in [0.15, 0.2) is 0 Å². The van der Waals surface area contributed by atoms with E-state index in [1.165, 1.54) is 0 Å². The molecule has 8 nitrogen and oxygen atoms in total. The van der Waals surface area contributed by atoms with Gasteiger partial charge in [-0.2, -0.15) is 0 Å². The van der Waals surface area contributed by atoms with Gasteiger partial charge in [0, 0.05) is 18.9 Å². The maximum absolute atomic E-state index is 13.9. The number of alkyl carbamates (subject to hydrolysis) is 1. The number of carbonyl (C=O) groups is 2. The first-order chi connectivity index (χ1) is 20.9. The number of aliphatic hydroxyl groups excluding tert-OH is 2. The van der Waals surface area contributed by atoms with E-state index in [9.17, 15) is 19.8 Å². The van der Waals surface area contributed by atoms with E-state index >= 15 is 0 Å². The first-order valence-electron chi connectivity index (χ1n) is 15.4. The van der Waals surface area contributed by atoms with Crippen LogP contribution in [0.1, 0.15) is 61.1 Å². The van der Waals surface area contributed by atoms with Gasteiger partial charge in [0.05, 0.1) is 24.3 Å². The van der Waals surface area contributed by atoms with Crippen molar-refractivity contribution in [1.29, 1.82) is 0 Å². The van der Waals surface area contributed by atoms with E-state index in [0.717, 1.165) is 34.4 Å². The van der Waals surface area contributed by atoms with Crippen molar-refractivity contribution in [3.63, 3.8) is 0 Å². The van der Waals surface area contributed by atoms with Gasteiger partial charge in [-0.25, -0.2) is 4.79 Å². The number of rotatable bonds is 12. The van der Waals surface area contributed by atoms with Gasteiger partial charge in [-0.15, -0.1) is 0 Å². The Balaban J connectivity index is 1.57. The molecule has 1 aliphatic rings. The number of hydrogen-bond acceptors (Lipinski definition) is 6. The zero-order valence-corrected chi connectivity index (χ0v) is 26.5. The first kappa shape index (κ1) is 33.2. The lowest BCUT2D eigenvalue weighted by molar-refractivity contribution is -0.127. The van der Waals surface area contributed by atoms with Crippen molar-refractivity contribution in [3.8, 4) is 0 Å². The highest BCUT2D eigenvalue weighted by Crippen LogP contribution is 2.32. The molecule has 0 spiro atoms. The Hall–Kier alpha value is -3.72. The second kappa shape index (κ2) is 14.8. The predicted molar refractivity (Wildman–Crippen MR) is 172 cm³/mol.